The van der Waals surface area contributed by atoms with Crippen LogP contribution in [0, 0.1) is 18.6 Å². The van der Waals surface area contributed by atoms with Crippen molar-refractivity contribution < 1.29 is 8.78 Å². The Morgan fingerprint density at radius 1 is 1.06 bits per heavy atom. The molecule has 0 heterocycles. The van der Waals surface area contributed by atoms with Gasteiger partial charge in [-0.1, -0.05) is 36.4 Å². The van der Waals surface area contributed by atoms with E-state index in [-0.39, 0.29) is 12.5 Å². The van der Waals surface area contributed by atoms with Crippen LogP contribution in [0.2, 0.25) is 0 Å². The minimum absolute atomic E-state index is 0.286. The van der Waals surface area contributed by atoms with Crippen LogP contribution in [-0.2, 0) is 6.42 Å². The minimum Gasteiger partial charge on any atom is -0.324 e. The van der Waals surface area contributed by atoms with Crippen molar-refractivity contribution in [2.24, 2.45) is 5.73 Å². The Kier molecular flexibility index (Phi) is 3.72. The van der Waals surface area contributed by atoms with Crippen molar-refractivity contribution in [3.05, 3.63) is 70.8 Å². The Bertz CT molecular complexity index is 552. The van der Waals surface area contributed by atoms with E-state index in [1.807, 2.05) is 31.2 Å². The van der Waals surface area contributed by atoms with Crippen LogP contribution >= 0.6 is 0 Å². The summed E-state index contributed by atoms with van der Waals surface area (Å²) in [6, 6.07) is 11.5. The number of benzene rings is 2. The highest BCUT2D eigenvalue weighted by atomic mass is 19.2. The molecule has 1 nitrogen and oxygen atoms in total. The lowest BCUT2D eigenvalue weighted by molar-refractivity contribution is 0.494. The van der Waals surface area contributed by atoms with Gasteiger partial charge >= 0.3 is 0 Å². The van der Waals surface area contributed by atoms with Gasteiger partial charge in [-0.05, 0) is 36.1 Å². The molecular formula is C15H15F2N. The molecule has 0 aliphatic rings. The molecule has 0 aliphatic carbocycles. The molecule has 0 aliphatic heterocycles. The van der Waals surface area contributed by atoms with Gasteiger partial charge in [0.15, 0.2) is 11.6 Å². The Balaban J connectivity index is 2.24. The Morgan fingerprint density at radius 2 is 1.78 bits per heavy atom. The summed E-state index contributed by atoms with van der Waals surface area (Å²) in [4.78, 5) is 0. The number of nitrogens with two attached hydrogens (primary N) is 1. The van der Waals surface area contributed by atoms with Crippen LogP contribution in [0.15, 0.2) is 42.5 Å². The van der Waals surface area contributed by atoms with E-state index in [1.54, 1.807) is 6.07 Å². The molecule has 94 valence electrons. The zero-order valence-corrected chi connectivity index (χ0v) is 10.2. The van der Waals surface area contributed by atoms with Gasteiger partial charge in [0.25, 0.3) is 0 Å². The summed E-state index contributed by atoms with van der Waals surface area (Å²) in [6.45, 7) is 1.96. The van der Waals surface area contributed by atoms with Crippen molar-refractivity contribution in [1.29, 1.82) is 0 Å². The van der Waals surface area contributed by atoms with Crippen LogP contribution in [0.1, 0.15) is 22.7 Å². The summed E-state index contributed by atoms with van der Waals surface area (Å²) < 4.78 is 26.6. The second kappa shape index (κ2) is 5.27. The molecular weight excluding hydrogens is 232 g/mol. The molecule has 2 aromatic rings. The Labute approximate surface area is 105 Å². The highest BCUT2D eigenvalue weighted by Gasteiger charge is 2.14. The van der Waals surface area contributed by atoms with Crippen LogP contribution in [0.3, 0.4) is 0 Å². The van der Waals surface area contributed by atoms with E-state index in [0.29, 0.717) is 5.56 Å². The lowest BCUT2D eigenvalue weighted by atomic mass is 9.96. The van der Waals surface area contributed by atoms with E-state index in [0.717, 1.165) is 17.2 Å². The number of rotatable bonds is 3. The minimum atomic E-state index is -0.829. The maximum absolute atomic E-state index is 13.5. The number of hydrogen-bond acceptors (Lipinski definition) is 1. The van der Waals surface area contributed by atoms with Crippen molar-refractivity contribution in [2.45, 2.75) is 19.4 Å². The molecule has 1 unspecified atom stereocenters. The first-order valence-electron chi connectivity index (χ1n) is 5.83. The van der Waals surface area contributed by atoms with Crippen molar-refractivity contribution in [3.8, 4) is 0 Å². The molecule has 0 amide bonds. The van der Waals surface area contributed by atoms with Crippen LogP contribution in [0.25, 0.3) is 0 Å². The Morgan fingerprint density at radius 3 is 2.50 bits per heavy atom. The molecule has 0 fully saturated rings. The summed E-state index contributed by atoms with van der Waals surface area (Å²) in [6.07, 6.45) is 0.286. The van der Waals surface area contributed by atoms with Crippen LogP contribution in [0.4, 0.5) is 8.78 Å². The van der Waals surface area contributed by atoms with E-state index in [4.69, 9.17) is 5.73 Å². The fourth-order valence-electron chi connectivity index (χ4n) is 2.06. The van der Waals surface area contributed by atoms with Gasteiger partial charge in [-0.15, -0.1) is 0 Å². The summed E-state index contributed by atoms with van der Waals surface area (Å²) in [5.41, 5.74) is 8.39. The fourth-order valence-corrected chi connectivity index (χ4v) is 2.06. The maximum atomic E-state index is 13.5. The molecule has 0 saturated carbocycles. The van der Waals surface area contributed by atoms with Crippen molar-refractivity contribution >= 4 is 0 Å². The standard InChI is InChI=1S/C15H15F2N/c1-10-5-2-3-7-12(10)14(18)9-11-6-4-8-13(16)15(11)17/h2-8,14H,9,18H2,1H3. The lowest BCUT2D eigenvalue weighted by Gasteiger charge is -2.15. The topological polar surface area (TPSA) is 26.0 Å². The monoisotopic (exact) mass is 247 g/mol. The van der Waals surface area contributed by atoms with Crippen LogP contribution < -0.4 is 5.73 Å². The SMILES string of the molecule is Cc1ccccc1C(N)Cc1cccc(F)c1F. The molecule has 1 atom stereocenters. The summed E-state index contributed by atoms with van der Waals surface area (Å²) >= 11 is 0. The highest BCUT2D eigenvalue weighted by Crippen LogP contribution is 2.21. The quantitative estimate of drug-likeness (QED) is 0.882. The fraction of sp³-hybridized carbons (Fsp3) is 0.200. The van der Waals surface area contributed by atoms with Crippen molar-refractivity contribution in [2.75, 3.05) is 0 Å². The zero-order chi connectivity index (χ0) is 13.1. The normalized spacial score (nSPS) is 12.4. The first kappa shape index (κ1) is 12.7. The van der Waals surface area contributed by atoms with E-state index in [2.05, 4.69) is 0 Å². The Hall–Kier alpha value is -1.74. The van der Waals surface area contributed by atoms with Gasteiger partial charge in [0, 0.05) is 6.04 Å². The molecule has 0 spiro atoms. The molecule has 3 heteroatoms. The van der Waals surface area contributed by atoms with E-state index < -0.39 is 11.6 Å². The van der Waals surface area contributed by atoms with Gasteiger partial charge < -0.3 is 5.73 Å². The predicted molar refractivity (Wildman–Crippen MR) is 68.2 cm³/mol. The van der Waals surface area contributed by atoms with Crippen molar-refractivity contribution in [3.63, 3.8) is 0 Å². The second-order valence-electron chi connectivity index (χ2n) is 4.38. The molecule has 2 aromatic carbocycles. The highest BCUT2D eigenvalue weighted by molar-refractivity contribution is 5.30. The molecule has 0 radical (unpaired) electrons. The molecule has 0 saturated heterocycles. The molecule has 0 bridgehead atoms. The number of aryl methyl sites for hydroxylation is 1. The smallest absolute Gasteiger partial charge is 0.162 e. The zero-order valence-electron chi connectivity index (χ0n) is 10.2. The van der Waals surface area contributed by atoms with Crippen LogP contribution in [0.5, 0.6) is 0 Å². The first-order valence-corrected chi connectivity index (χ1v) is 5.83. The summed E-state index contributed by atoms with van der Waals surface area (Å²) in [5.74, 6) is -1.63. The van der Waals surface area contributed by atoms with Gasteiger partial charge in [0.1, 0.15) is 0 Å². The third-order valence-corrected chi connectivity index (χ3v) is 3.06. The molecule has 2 rings (SSSR count). The number of hydrogen-bond donors (Lipinski definition) is 1. The summed E-state index contributed by atoms with van der Waals surface area (Å²) in [7, 11) is 0. The largest absolute Gasteiger partial charge is 0.324 e. The van der Waals surface area contributed by atoms with Crippen molar-refractivity contribution in [1.82, 2.24) is 0 Å². The molecule has 2 N–H and O–H groups in total. The summed E-state index contributed by atoms with van der Waals surface area (Å²) in [5, 5.41) is 0. The molecule has 0 aromatic heterocycles. The van der Waals surface area contributed by atoms with Gasteiger partial charge in [-0.2, -0.15) is 0 Å². The molecule has 18 heavy (non-hydrogen) atoms. The van der Waals surface area contributed by atoms with Gasteiger partial charge in [-0.25, -0.2) is 8.78 Å². The van der Waals surface area contributed by atoms with E-state index in [1.165, 1.54) is 6.07 Å². The number of halogens is 2. The van der Waals surface area contributed by atoms with Gasteiger partial charge in [-0.3, -0.25) is 0 Å². The third kappa shape index (κ3) is 2.57. The maximum Gasteiger partial charge on any atom is 0.162 e. The predicted octanol–water partition coefficient (Wildman–Crippen LogP) is 3.52. The third-order valence-electron chi connectivity index (χ3n) is 3.06. The van der Waals surface area contributed by atoms with E-state index >= 15 is 0 Å². The van der Waals surface area contributed by atoms with Gasteiger partial charge in [0.2, 0.25) is 0 Å². The van der Waals surface area contributed by atoms with E-state index in [9.17, 15) is 8.78 Å². The van der Waals surface area contributed by atoms with Crippen LogP contribution in [-0.4, -0.2) is 0 Å². The average molecular weight is 247 g/mol. The average Bonchev–Trinajstić information content (AvgIpc) is 2.35. The lowest BCUT2D eigenvalue weighted by Crippen LogP contribution is -2.15. The van der Waals surface area contributed by atoms with Gasteiger partial charge in [0.05, 0.1) is 0 Å². The first-order chi connectivity index (χ1) is 8.59. The second-order valence-corrected chi connectivity index (χ2v) is 4.38.